The normalized spacial score (nSPS) is 23.2. The first-order valence-corrected chi connectivity index (χ1v) is 7.47. The van der Waals surface area contributed by atoms with Crippen molar-refractivity contribution in [1.82, 2.24) is 10.1 Å². The Balaban J connectivity index is 1.85. The van der Waals surface area contributed by atoms with Crippen LogP contribution in [0.2, 0.25) is 0 Å². The molecule has 2 heterocycles. The van der Waals surface area contributed by atoms with E-state index in [4.69, 9.17) is 9.78 Å². The molecule has 0 bridgehead atoms. The monoisotopic (exact) mass is 273 g/mol. The van der Waals surface area contributed by atoms with E-state index in [0.717, 1.165) is 29.5 Å². The third-order valence-electron chi connectivity index (χ3n) is 3.72. The van der Waals surface area contributed by atoms with Crippen LogP contribution >= 0.6 is 11.3 Å². The second-order valence-corrected chi connectivity index (χ2v) is 6.12. The van der Waals surface area contributed by atoms with E-state index in [0.29, 0.717) is 17.4 Å². The lowest BCUT2D eigenvalue weighted by Crippen LogP contribution is -2.12. The minimum Gasteiger partial charge on any atom is -0.333 e. The maximum Gasteiger partial charge on any atom is 0.269 e. The van der Waals surface area contributed by atoms with Crippen LogP contribution in [0.15, 0.2) is 16.0 Å². The SMILES string of the molecule is CC1CCCC(c2noc(-c3sccc3C#N)n2)C1. The van der Waals surface area contributed by atoms with Crippen molar-refractivity contribution in [3.63, 3.8) is 0 Å². The molecular weight excluding hydrogens is 258 g/mol. The van der Waals surface area contributed by atoms with Gasteiger partial charge in [0.1, 0.15) is 10.9 Å². The molecule has 2 unspecified atom stereocenters. The third-order valence-corrected chi connectivity index (χ3v) is 4.63. The zero-order valence-electron chi connectivity index (χ0n) is 10.8. The van der Waals surface area contributed by atoms with Gasteiger partial charge in [0.25, 0.3) is 5.89 Å². The summed E-state index contributed by atoms with van der Waals surface area (Å²) in [4.78, 5) is 5.28. The van der Waals surface area contributed by atoms with Crippen LogP contribution in [0.3, 0.4) is 0 Å². The Bertz CT molecular complexity index is 610. The molecule has 0 radical (unpaired) electrons. The third kappa shape index (κ3) is 2.41. The molecule has 4 nitrogen and oxygen atoms in total. The molecule has 2 aromatic rings. The quantitative estimate of drug-likeness (QED) is 0.830. The van der Waals surface area contributed by atoms with Crippen LogP contribution in [-0.4, -0.2) is 10.1 Å². The Hall–Kier alpha value is -1.67. The summed E-state index contributed by atoms with van der Waals surface area (Å²) in [6.45, 7) is 2.28. The Morgan fingerprint density at radius 3 is 3.16 bits per heavy atom. The summed E-state index contributed by atoms with van der Waals surface area (Å²) in [5, 5.41) is 15.0. The summed E-state index contributed by atoms with van der Waals surface area (Å²) in [5.41, 5.74) is 0.609. The molecule has 1 fully saturated rings. The van der Waals surface area contributed by atoms with Gasteiger partial charge in [-0.2, -0.15) is 10.2 Å². The molecule has 0 spiro atoms. The summed E-state index contributed by atoms with van der Waals surface area (Å²) < 4.78 is 5.34. The van der Waals surface area contributed by atoms with E-state index in [1.165, 1.54) is 24.2 Å². The highest BCUT2D eigenvalue weighted by atomic mass is 32.1. The van der Waals surface area contributed by atoms with Gasteiger partial charge in [0.2, 0.25) is 0 Å². The van der Waals surface area contributed by atoms with Crippen LogP contribution in [0, 0.1) is 17.2 Å². The lowest BCUT2D eigenvalue weighted by Gasteiger charge is -2.23. The van der Waals surface area contributed by atoms with Crippen LogP contribution in [0.25, 0.3) is 10.8 Å². The van der Waals surface area contributed by atoms with Crippen molar-refractivity contribution in [3.8, 4) is 16.8 Å². The maximum absolute atomic E-state index is 9.03. The van der Waals surface area contributed by atoms with Gasteiger partial charge in [-0.1, -0.05) is 24.9 Å². The second-order valence-electron chi connectivity index (χ2n) is 5.20. The van der Waals surface area contributed by atoms with Gasteiger partial charge >= 0.3 is 0 Å². The van der Waals surface area contributed by atoms with Crippen molar-refractivity contribution in [2.75, 3.05) is 0 Å². The second kappa shape index (κ2) is 5.14. The van der Waals surface area contributed by atoms with E-state index in [-0.39, 0.29) is 0 Å². The van der Waals surface area contributed by atoms with Gasteiger partial charge in [-0.05, 0) is 30.2 Å². The predicted molar refractivity (Wildman–Crippen MR) is 72.7 cm³/mol. The van der Waals surface area contributed by atoms with Crippen molar-refractivity contribution in [1.29, 1.82) is 5.26 Å². The first-order valence-electron chi connectivity index (χ1n) is 6.59. The first kappa shape index (κ1) is 12.4. The number of rotatable bonds is 2. The van der Waals surface area contributed by atoms with Gasteiger partial charge < -0.3 is 4.52 Å². The highest BCUT2D eigenvalue weighted by Crippen LogP contribution is 2.36. The van der Waals surface area contributed by atoms with Crippen molar-refractivity contribution in [3.05, 3.63) is 22.8 Å². The van der Waals surface area contributed by atoms with E-state index >= 15 is 0 Å². The number of hydrogen-bond acceptors (Lipinski definition) is 5. The van der Waals surface area contributed by atoms with Crippen molar-refractivity contribution in [2.45, 2.75) is 38.5 Å². The highest BCUT2D eigenvalue weighted by Gasteiger charge is 2.25. The lowest BCUT2D eigenvalue weighted by atomic mass is 9.82. The molecule has 0 aliphatic heterocycles. The number of nitriles is 1. The predicted octanol–water partition coefficient (Wildman–Crippen LogP) is 3.96. The fourth-order valence-corrected chi connectivity index (χ4v) is 3.49. The summed E-state index contributed by atoms with van der Waals surface area (Å²) in [6, 6.07) is 3.94. The van der Waals surface area contributed by atoms with Gasteiger partial charge in [0.15, 0.2) is 5.82 Å². The topological polar surface area (TPSA) is 62.7 Å². The zero-order valence-corrected chi connectivity index (χ0v) is 11.6. The standard InChI is InChI=1S/C14H15N3OS/c1-9-3-2-4-10(7-9)13-16-14(18-17-13)12-11(8-15)5-6-19-12/h5-6,9-10H,2-4,7H2,1H3. The molecule has 1 aliphatic rings. The molecule has 98 valence electrons. The van der Waals surface area contributed by atoms with Crippen molar-refractivity contribution in [2.24, 2.45) is 5.92 Å². The average molecular weight is 273 g/mol. The zero-order chi connectivity index (χ0) is 13.2. The van der Waals surface area contributed by atoms with Crippen molar-refractivity contribution >= 4 is 11.3 Å². The smallest absolute Gasteiger partial charge is 0.269 e. The van der Waals surface area contributed by atoms with Gasteiger partial charge in [-0.15, -0.1) is 11.3 Å². The molecule has 3 rings (SSSR count). The molecule has 1 saturated carbocycles. The van der Waals surface area contributed by atoms with Crippen LogP contribution < -0.4 is 0 Å². The number of hydrogen-bond donors (Lipinski definition) is 0. The molecule has 2 atom stereocenters. The minimum absolute atomic E-state index is 0.409. The van der Waals surface area contributed by atoms with Gasteiger partial charge in [0, 0.05) is 5.92 Å². The van der Waals surface area contributed by atoms with E-state index < -0.39 is 0 Å². The van der Waals surface area contributed by atoms with E-state index in [9.17, 15) is 0 Å². The van der Waals surface area contributed by atoms with Crippen LogP contribution in [0.5, 0.6) is 0 Å². The molecule has 19 heavy (non-hydrogen) atoms. The number of aromatic nitrogens is 2. The Morgan fingerprint density at radius 1 is 1.47 bits per heavy atom. The molecule has 2 aromatic heterocycles. The van der Waals surface area contributed by atoms with Crippen molar-refractivity contribution < 1.29 is 4.52 Å². The van der Waals surface area contributed by atoms with Gasteiger partial charge in [-0.3, -0.25) is 0 Å². The summed E-state index contributed by atoms with van der Waals surface area (Å²) >= 11 is 1.47. The Kier molecular flexibility index (Phi) is 3.34. The fraction of sp³-hybridized carbons (Fsp3) is 0.500. The summed E-state index contributed by atoms with van der Waals surface area (Å²) in [7, 11) is 0. The number of nitrogens with zero attached hydrogens (tertiary/aromatic N) is 3. The molecule has 0 saturated heterocycles. The molecule has 1 aliphatic carbocycles. The Labute approximate surface area is 116 Å². The van der Waals surface area contributed by atoms with E-state index in [1.807, 2.05) is 5.38 Å². The molecule has 5 heteroatoms. The van der Waals surface area contributed by atoms with Crippen LogP contribution in [-0.2, 0) is 0 Å². The minimum atomic E-state index is 0.409. The Morgan fingerprint density at radius 2 is 2.37 bits per heavy atom. The summed E-state index contributed by atoms with van der Waals surface area (Å²) in [5.74, 6) is 2.43. The highest BCUT2D eigenvalue weighted by molar-refractivity contribution is 7.13. The van der Waals surface area contributed by atoms with Gasteiger partial charge in [-0.25, -0.2) is 0 Å². The van der Waals surface area contributed by atoms with E-state index in [2.05, 4.69) is 23.1 Å². The molecule has 0 amide bonds. The molecular formula is C14H15N3OS. The fourth-order valence-electron chi connectivity index (χ4n) is 2.72. The molecule has 0 aromatic carbocycles. The van der Waals surface area contributed by atoms with Crippen LogP contribution in [0.1, 0.15) is 49.9 Å². The lowest BCUT2D eigenvalue weighted by molar-refractivity contribution is 0.324. The van der Waals surface area contributed by atoms with E-state index in [1.54, 1.807) is 6.07 Å². The van der Waals surface area contributed by atoms with Gasteiger partial charge in [0.05, 0.1) is 5.56 Å². The van der Waals surface area contributed by atoms with Crippen LogP contribution in [0.4, 0.5) is 0 Å². The largest absolute Gasteiger partial charge is 0.333 e. The molecule has 0 N–H and O–H groups in total. The number of thiophene rings is 1. The first-order chi connectivity index (χ1) is 9.28. The maximum atomic E-state index is 9.03. The average Bonchev–Trinajstić information content (AvgIpc) is 3.07. The summed E-state index contributed by atoms with van der Waals surface area (Å²) in [6.07, 6.45) is 4.80.